The lowest BCUT2D eigenvalue weighted by Crippen LogP contribution is -2.34. The quantitative estimate of drug-likeness (QED) is 0.806. The number of amides is 1. The minimum atomic E-state index is -0.844. The Morgan fingerprint density at radius 3 is 2.58 bits per heavy atom. The molecule has 5 nitrogen and oxygen atoms in total. The van der Waals surface area contributed by atoms with Gasteiger partial charge in [-0.15, -0.1) is 11.3 Å². The molecule has 1 amide bonds. The van der Waals surface area contributed by atoms with Crippen molar-refractivity contribution in [3.05, 3.63) is 41.3 Å². The fourth-order valence-electron chi connectivity index (χ4n) is 2.49. The number of thiophene rings is 1. The van der Waals surface area contributed by atoms with Crippen LogP contribution in [0.3, 0.4) is 0 Å². The first kappa shape index (κ1) is 16.5. The van der Waals surface area contributed by atoms with Crippen molar-refractivity contribution < 1.29 is 19.4 Å². The van der Waals surface area contributed by atoms with Crippen molar-refractivity contribution >= 4 is 23.2 Å². The van der Waals surface area contributed by atoms with Crippen LogP contribution in [0, 0.1) is 5.41 Å². The van der Waals surface area contributed by atoms with E-state index in [2.05, 4.69) is 5.32 Å². The van der Waals surface area contributed by atoms with Gasteiger partial charge in [0.1, 0.15) is 10.6 Å². The SMILES string of the molecule is CCOc1cc(-c2ccccc2)sc1C(=O)NCC1(C(=O)O)CC1. The van der Waals surface area contributed by atoms with Crippen molar-refractivity contribution in [2.75, 3.05) is 13.2 Å². The molecule has 1 heterocycles. The summed E-state index contributed by atoms with van der Waals surface area (Å²) in [5, 5.41) is 12.0. The molecule has 2 N–H and O–H groups in total. The van der Waals surface area contributed by atoms with Crippen LogP contribution in [0.25, 0.3) is 10.4 Å². The number of carbonyl (C=O) groups is 2. The van der Waals surface area contributed by atoms with Crippen LogP contribution in [0.5, 0.6) is 5.75 Å². The van der Waals surface area contributed by atoms with Gasteiger partial charge in [-0.1, -0.05) is 30.3 Å². The number of hydrogen-bond acceptors (Lipinski definition) is 4. The van der Waals surface area contributed by atoms with Crippen molar-refractivity contribution in [2.24, 2.45) is 5.41 Å². The second-order valence-corrected chi connectivity index (χ2v) is 6.92. The third kappa shape index (κ3) is 3.28. The van der Waals surface area contributed by atoms with E-state index >= 15 is 0 Å². The monoisotopic (exact) mass is 345 g/mol. The maximum atomic E-state index is 12.5. The molecular formula is C18H19NO4S. The predicted octanol–water partition coefficient (Wildman–Crippen LogP) is 3.41. The molecule has 0 aliphatic heterocycles. The van der Waals surface area contributed by atoms with Crippen LogP contribution in [-0.2, 0) is 4.79 Å². The highest BCUT2D eigenvalue weighted by Crippen LogP contribution is 2.45. The van der Waals surface area contributed by atoms with E-state index in [0.29, 0.717) is 30.1 Å². The van der Waals surface area contributed by atoms with Gasteiger partial charge in [0.15, 0.2) is 0 Å². The molecule has 126 valence electrons. The lowest BCUT2D eigenvalue weighted by atomic mass is 10.1. The van der Waals surface area contributed by atoms with E-state index in [1.54, 1.807) is 0 Å². The van der Waals surface area contributed by atoms with Crippen LogP contribution in [0.15, 0.2) is 36.4 Å². The summed E-state index contributed by atoms with van der Waals surface area (Å²) in [7, 11) is 0. The van der Waals surface area contributed by atoms with Gasteiger partial charge in [0.25, 0.3) is 5.91 Å². The Hall–Kier alpha value is -2.34. The van der Waals surface area contributed by atoms with Crippen molar-refractivity contribution in [1.29, 1.82) is 0 Å². The number of aliphatic carboxylic acids is 1. The van der Waals surface area contributed by atoms with E-state index in [-0.39, 0.29) is 12.5 Å². The zero-order valence-corrected chi connectivity index (χ0v) is 14.2. The first-order valence-electron chi connectivity index (χ1n) is 7.89. The molecule has 3 rings (SSSR count). The third-order valence-electron chi connectivity index (χ3n) is 4.16. The summed E-state index contributed by atoms with van der Waals surface area (Å²) in [6.45, 7) is 2.49. The first-order valence-corrected chi connectivity index (χ1v) is 8.71. The maximum absolute atomic E-state index is 12.5. The van der Waals surface area contributed by atoms with Gasteiger partial charge in [-0.3, -0.25) is 9.59 Å². The van der Waals surface area contributed by atoms with Gasteiger partial charge in [0, 0.05) is 11.4 Å². The number of carbonyl (C=O) groups excluding carboxylic acids is 1. The fourth-order valence-corrected chi connectivity index (χ4v) is 3.51. The molecule has 0 bridgehead atoms. The van der Waals surface area contributed by atoms with Gasteiger partial charge in [0.05, 0.1) is 12.0 Å². The molecule has 1 aromatic heterocycles. The topological polar surface area (TPSA) is 75.6 Å². The Balaban J connectivity index is 1.79. The Labute approximate surface area is 144 Å². The minimum Gasteiger partial charge on any atom is -0.492 e. The van der Waals surface area contributed by atoms with Gasteiger partial charge in [-0.25, -0.2) is 0 Å². The number of ether oxygens (including phenoxy) is 1. The van der Waals surface area contributed by atoms with Gasteiger partial charge < -0.3 is 15.2 Å². The molecular weight excluding hydrogens is 326 g/mol. The van der Waals surface area contributed by atoms with Crippen LogP contribution < -0.4 is 10.1 Å². The average molecular weight is 345 g/mol. The lowest BCUT2D eigenvalue weighted by Gasteiger charge is -2.11. The van der Waals surface area contributed by atoms with E-state index in [9.17, 15) is 14.7 Å². The Kier molecular flexibility index (Phi) is 4.57. The average Bonchev–Trinajstić information content (AvgIpc) is 3.28. The molecule has 6 heteroatoms. The fraction of sp³-hybridized carbons (Fsp3) is 0.333. The Bertz CT molecular complexity index is 750. The van der Waals surface area contributed by atoms with Gasteiger partial charge in [0.2, 0.25) is 0 Å². The van der Waals surface area contributed by atoms with Gasteiger partial charge >= 0.3 is 5.97 Å². The van der Waals surface area contributed by atoms with E-state index in [1.165, 1.54) is 11.3 Å². The van der Waals surface area contributed by atoms with Crippen molar-refractivity contribution in [1.82, 2.24) is 5.32 Å². The number of hydrogen-bond donors (Lipinski definition) is 2. The predicted molar refractivity (Wildman–Crippen MR) is 92.6 cm³/mol. The zero-order chi connectivity index (χ0) is 17.2. The molecule has 1 aliphatic carbocycles. The van der Waals surface area contributed by atoms with Crippen LogP contribution >= 0.6 is 11.3 Å². The smallest absolute Gasteiger partial charge is 0.311 e. The molecule has 0 spiro atoms. The van der Waals surface area contributed by atoms with E-state index < -0.39 is 11.4 Å². The minimum absolute atomic E-state index is 0.158. The highest BCUT2D eigenvalue weighted by atomic mass is 32.1. The zero-order valence-electron chi connectivity index (χ0n) is 13.4. The summed E-state index contributed by atoms with van der Waals surface area (Å²) in [6.07, 6.45) is 1.22. The number of rotatable bonds is 7. The van der Waals surface area contributed by atoms with E-state index in [1.807, 2.05) is 43.3 Å². The molecule has 2 aromatic rings. The van der Waals surface area contributed by atoms with Crippen LogP contribution in [-0.4, -0.2) is 30.1 Å². The summed E-state index contributed by atoms with van der Waals surface area (Å²) >= 11 is 1.36. The standard InChI is InChI=1S/C18H19NO4S/c1-2-23-13-10-14(12-6-4-3-5-7-12)24-15(13)16(20)19-11-18(8-9-18)17(21)22/h3-7,10H,2,8-9,11H2,1H3,(H,19,20)(H,21,22). The second-order valence-electron chi connectivity index (χ2n) is 5.87. The van der Waals surface area contributed by atoms with Gasteiger partial charge in [-0.05, 0) is 31.4 Å². The summed E-state index contributed by atoms with van der Waals surface area (Å²) in [4.78, 5) is 25.2. The van der Waals surface area contributed by atoms with Crippen molar-refractivity contribution in [2.45, 2.75) is 19.8 Å². The molecule has 1 fully saturated rings. The lowest BCUT2D eigenvalue weighted by molar-refractivity contribution is -0.143. The molecule has 0 radical (unpaired) electrons. The summed E-state index contributed by atoms with van der Waals surface area (Å²) in [5.74, 6) is -0.582. The number of carboxylic acid groups (broad SMARTS) is 1. The molecule has 1 saturated carbocycles. The molecule has 0 saturated heterocycles. The number of benzene rings is 1. The Morgan fingerprint density at radius 1 is 1.29 bits per heavy atom. The summed E-state index contributed by atoms with van der Waals surface area (Å²) in [5.41, 5.74) is 0.243. The van der Waals surface area contributed by atoms with Gasteiger partial charge in [-0.2, -0.15) is 0 Å². The summed E-state index contributed by atoms with van der Waals surface area (Å²) < 4.78 is 5.59. The number of carboxylic acids is 1. The largest absolute Gasteiger partial charge is 0.492 e. The van der Waals surface area contributed by atoms with Crippen molar-refractivity contribution in [3.8, 4) is 16.2 Å². The molecule has 0 atom stereocenters. The van der Waals surface area contributed by atoms with E-state index in [4.69, 9.17) is 4.74 Å². The third-order valence-corrected chi connectivity index (χ3v) is 5.32. The maximum Gasteiger partial charge on any atom is 0.311 e. The highest BCUT2D eigenvalue weighted by Gasteiger charge is 2.50. The van der Waals surface area contributed by atoms with Crippen molar-refractivity contribution in [3.63, 3.8) is 0 Å². The van der Waals surface area contributed by atoms with E-state index in [0.717, 1.165) is 10.4 Å². The van der Waals surface area contributed by atoms with Crippen LogP contribution in [0.2, 0.25) is 0 Å². The molecule has 0 unspecified atom stereocenters. The normalized spacial score (nSPS) is 14.9. The van der Waals surface area contributed by atoms with Crippen LogP contribution in [0.1, 0.15) is 29.4 Å². The first-order chi connectivity index (χ1) is 11.6. The molecule has 24 heavy (non-hydrogen) atoms. The molecule has 1 aliphatic rings. The Morgan fingerprint density at radius 2 is 2.00 bits per heavy atom. The second kappa shape index (κ2) is 6.65. The number of nitrogens with one attached hydrogen (secondary N) is 1. The van der Waals surface area contributed by atoms with Crippen LogP contribution in [0.4, 0.5) is 0 Å². The summed E-state index contributed by atoms with van der Waals surface area (Å²) in [6, 6.07) is 11.6. The molecule has 1 aromatic carbocycles. The highest BCUT2D eigenvalue weighted by molar-refractivity contribution is 7.17.